The first kappa shape index (κ1) is 12.6. The molecule has 0 radical (unpaired) electrons. The molecule has 0 saturated carbocycles. The summed E-state index contributed by atoms with van der Waals surface area (Å²) in [5, 5.41) is 0. The second-order valence-electron chi connectivity index (χ2n) is 5.74. The predicted molar refractivity (Wildman–Crippen MR) is 80.0 cm³/mol. The van der Waals surface area contributed by atoms with Crippen LogP contribution in [0, 0.1) is 0 Å². The first-order chi connectivity index (χ1) is 10.3. The molecule has 21 heavy (non-hydrogen) atoms. The van der Waals surface area contributed by atoms with Crippen LogP contribution in [0.3, 0.4) is 0 Å². The number of aromatic nitrogens is 2. The highest BCUT2D eigenvalue weighted by Gasteiger charge is 2.36. The summed E-state index contributed by atoms with van der Waals surface area (Å²) in [6.07, 6.45) is 3.65. The molecule has 2 aliphatic heterocycles. The van der Waals surface area contributed by atoms with E-state index in [1.54, 1.807) is 0 Å². The van der Waals surface area contributed by atoms with Crippen LogP contribution in [-0.2, 0) is 11.3 Å². The fraction of sp³-hybridized carbons (Fsp3) is 0.467. The molecule has 0 aromatic carbocycles. The molecule has 1 unspecified atom stereocenters. The summed E-state index contributed by atoms with van der Waals surface area (Å²) in [6.45, 7) is 2.95. The molecule has 2 aliphatic rings. The zero-order valence-electron chi connectivity index (χ0n) is 11.9. The lowest BCUT2D eigenvalue weighted by Gasteiger charge is -2.38. The van der Waals surface area contributed by atoms with Crippen LogP contribution in [0.25, 0.3) is 5.65 Å². The van der Waals surface area contributed by atoms with E-state index in [1.165, 1.54) is 0 Å². The molecule has 2 fully saturated rings. The van der Waals surface area contributed by atoms with E-state index in [1.807, 2.05) is 29.3 Å². The lowest BCUT2D eigenvalue weighted by atomic mass is 10.1. The highest BCUT2D eigenvalue weighted by molar-refractivity contribution is 5.79. The number of rotatable bonds is 2. The van der Waals surface area contributed by atoms with Crippen LogP contribution in [-0.4, -0.2) is 45.9 Å². The van der Waals surface area contributed by atoms with Crippen LogP contribution >= 0.6 is 0 Å². The molecule has 0 bridgehead atoms. The molecule has 2 N–H and O–H groups in total. The number of piperazine rings is 1. The van der Waals surface area contributed by atoms with Gasteiger partial charge in [-0.3, -0.25) is 4.79 Å². The van der Waals surface area contributed by atoms with Crippen molar-refractivity contribution < 1.29 is 4.79 Å². The Morgan fingerprint density at radius 3 is 3.10 bits per heavy atom. The number of carbonyl (C=O) groups excluding carboxylic acids is 1. The van der Waals surface area contributed by atoms with Crippen molar-refractivity contribution in [2.24, 2.45) is 5.73 Å². The van der Waals surface area contributed by atoms with Crippen LogP contribution in [0.2, 0.25) is 0 Å². The molecule has 0 aliphatic carbocycles. The molecule has 4 heterocycles. The molecule has 4 rings (SSSR count). The molecule has 1 amide bonds. The molecule has 2 aromatic rings. The van der Waals surface area contributed by atoms with Gasteiger partial charge in [0.25, 0.3) is 0 Å². The van der Waals surface area contributed by atoms with Gasteiger partial charge in [0.2, 0.25) is 5.91 Å². The minimum absolute atomic E-state index is 0.300. The Morgan fingerprint density at radius 2 is 2.24 bits per heavy atom. The second kappa shape index (κ2) is 4.73. The zero-order valence-corrected chi connectivity index (χ0v) is 11.9. The second-order valence-corrected chi connectivity index (χ2v) is 5.74. The van der Waals surface area contributed by atoms with Crippen molar-refractivity contribution in [2.75, 3.05) is 24.5 Å². The number of pyridine rings is 1. The molecule has 0 spiro atoms. The lowest BCUT2D eigenvalue weighted by Crippen LogP contribution is -2.51. The SMILES string of the molecule is NCc1c(N2CCN3C(=O)CCC3C2)nc2ccccn12. The molecule has 6 nitrogen and oxygen atoms in total. The smallest absolute Gasteiger partial charge is 0.223 e. The number of nitrogens with zero attached hydrogens (tertiary/aromatic N) is 4. The number of amides is 1. The van der Waals surface area contributed by atoms with Crippen molar-refractivity contribution in [1.29, 1.82) is 0 Å². The molecular weight excluding hydrogens is 266 g/mol. The zero-order chi connectivity index (χ0) is 14.4. The average Bonchev–Trinajstić information content (AvgIpc) is 3.07. The summed E-state index contributed by atoms with van der Waals surface area (Å²) in [7, 11) is 0. The van der Waals surface area contributed by atoms with Gasteiger partial charge in [-0.25, -0.2) is 4.98 Å². The van der Waals surface area contributed by atoms with E-state index in [9.17, 15) is 4.79 Å². The summed E-state index contributed by atoms with van der Waals surface area (Å²) in [6, 6.07) is 6.31. The third-order valence-corrected chi connectivity index (χ3v) is 4.60. The van der Waals surface area contributed by atoms with Crippen LogP contribution < -0.4 is 10.6 Å². The van der Waals surface area contributed by atoms with Gasteiger partial charge in [0.1, 0.15) is 5.65 Å². The van der Waals surface area contributed by atoms with Crippen LogP contribution in [0.15, 0.2) is 24.4 Å². The molecule has 6 heteroatoms. The number of carbonyl (C=O) groups is 1. The van der Waals surface area contributed by atoms with E-state index < -0.39 is 0 Å². The quantitative estimate of drug-likeness (QED) is 0.877. The van der Waals surface area contributed by atoms with E-state index in [0.29, 0.717) is 24.9 Å². The maximum absolute atomic E-state index is 11.8. The number of hydrogen-bond donors (Lipinski definition) is 1. The van der Waals surface area contributed by atoms with E-state index in [4.69, 9.17) is 10.7 Å². The van der Waals surface area contributed by atoms with E-state index >= 15 is 0 Å². The minimum Gasteiger partial charge on any atom is -0.351 e. The molecule has 110 valence electrons. The van der Waals surface area contributed by atoms with Gasteiger partial charge in [0.15, 0.2) is 5.82 Å². The van der Waals surface area contributed by atoms with Crippen molar-refractivity contribution in [3.8, 4) is 0 Å². The van der Waals surface area contributed by atoms with Gasteiger partial charge in [-0.1, -0.05) is 6.07 Å². The maximum Gasteiger partial charge on any atom is 0.223 e. The van der Waals surface area contributed by atoms with Crippen LogP contribution in [0.1, 0.15) is 18.5 Å². The maximum atomic E-state index is 11.8. The minimum atomic E-state index is 0.300. The molecular formula is C15H19N5O. The van der Waals surface area contributed by atoms with Gasteiger partial charge in [-0.05, 0) is 18.6 Å². The standard InChI is InChI=1S/C15H19N5O/c16-9-12-15(17-13-3-1-2-6-20(12)13)18-7-8-19-11(10-18)4-5-14(19)21/h1-3,6,11H,4-5,7-10,16H2. The molecule has 2 saturated heterocycles. The van der Waals surface area contributed by atoms with Crippen molar-refractivity contribution in [1.82, 2.24) is 14.3 Å². The van der Waals surface area contributed by atoms with E-state index in [0.717, 1.165) is 43.2 Å². The topological polar surface area (TPSA) is 66.9 Å². The number of fused-ring (bicyclic) bond motifs is 2. The summed E-state index contributed by atoms with van der Waals surface area (Å²) < 4.78 is 2.06. The van der Waals surface area contributed by atoms with Crippen molar-refractivity contribution in [3.63, 3.8) is 0 Å². The van der Waals surface area contributed by atoms with Gasteiger partial charge in [0, 0.05) is 44.8 Å². The van der Waals surface area contributed by atoms with Gasteiger partial charge >= 0.3 is 0 Å². The summed E-state index contributed by atoms with van der Waals surface area (Å²) in [5.41, 5.74) is 7.92. The fourth-order valence-corrected chi connectivity index (χ4v) is 3.53. The lowest BCUT2D eigenvalue weighted by molar-refractivity contribution is -0.129. The summed E-state index contributed by atoms with van der Waals surface area (Å²) in [5.74, 6) is 1.27. The van der Waals surface area contributed by atoms with E-state index in [-0.39, 0.29) is 0 Å². The van der Waals surface area contributed by atoms with Crippen molar-refractivity contribution >= 4 is 17.4 Å². The van der Waals surface area contributed by atoms with Gasteiger partial charge in [0.05, 0.1) is 5.69 Å². The molecule has 1 atom stereocenters. The monoisotopic (exact) mass is 285 g/mol. The largest absolute Gasteiger partial charge is 0.351 e. The Labute approximate surface area is 123 Å². The number of anilines is 1. The Kier molecular flexibility index (Phi) is 2.85. The van der Waals surface area contributed by atoms with Crippen LogP contribution in [0.4, 0.5) is 5.82 Å². The Bertz CT molecular complexity index is 694. The number of imidazole rings is 1. The van der Waals surface area contributed by atoms with Crippen molar-refractivity contribution in [2.45, 2.75) is 25.4 Å². The average molecular weight is 285 g/mol. The normalized spacial score (nSPS) is 22.1. The Hall–Kier alpha value is -2.08. The highest BCUT2D eigenvalue weighted by Crippen LogP contribution is 2.28. The van der Waals surface area contributed by atoms with E-state index in [2.05, 4.69) is 9.30 Å². The summed E-state index contributed by atoms with van der Waals surface area (Å²) >= 11 is 0. The highest BCUT2D eigenvalue weighted by atomic mass is 16.2. The number of nitrogens with two attached hydrogens (primary N) is 1. The van der Waals surface area contributed by atoms with Gasteiger partial charge in [-0.15, -0.1) is 0 Å². The van der Waals surface area contributed by atoms with Gasteiger partial charge in [-0.2, -0.15) is 0 Å². The predicted octanol–water partition coefficient (Wildman–Crippen LogP) is 0.604. The van der Waals surface area contributed by atoms with Crippen LogP contribution in [0.5, 0.6) is 0 Å². The first-order valence-electron chi connectivity index (χ1n) is 7.48. The Morgan fingerprint density at radius 1 is 1.33 bits per heavy atom. The molecule has 2 aromatic heterocycles. The third-order valence-electron chi connectivity index (χ3n) is 4.60. The van der Waals surface area contributed by atoms with Gasteiger partial charge < -0.3 is 19.9 Å². The third kappa shape index (κ3) is 1.90. The number of hydrogen-bond acceptors (Lipinski definition) is 4. The Balaban J connectivity index is 1.69. The fourth-order valence-electron chi connectivity index (χ4n) is 3.53. The summed E-state index contributed by atoms with van der Waals surface area (Å²) in [4.78, 5) is 20.8. The first-order valence-corrected chi connectivity index (χ1v) is 7.48. The van der Waals surface area contributed by atoms with Crippen molar-refractivity contribution in [3.05, 3.63) is 30.1 Å².